The van der Waals surface area contributed by atoms with Crippen molar-refractivity contribution in [3.63, 3.8) is 0 Å². The molecule has 0 spiro atoms. The van der Waals surface area contributed by atoms with E-state index in [1.54, 1.807) is 0 Å². The Morgan fingerprint density at radius 3 is 2.77 bits per heavy atom. The Balaban J connectivity index is 2.79. The van der Waals surface area contributed by atoms with Gasteiger partial charge in [0, 0.05) is 18.1 Å². The highest BCUT2D eigenvalue weighted by Crippen LogP contribution is 2.26. The zero-order valence-electron chi connectivity index (χ0n) is 8.73. The molecule has 1 fully saturated rings. The van der Waals surface area contributed by atoms with Crippen molar-refractivity contribution in [2.75, 3.05) is 19.6 Å². The Morgan fingerprint density at radius 2 is 2.31 bits per heavy atom. The second-order valence-corrected chi connectivity index (χ2v) is 4.01. The minimum atomic E-state index is 0.962. The largest absolute Gasteiger partial charge is 0.299 e. The van der Waals surface area contributed by atoms with Crippen molar-refractivity contribution in [3.05, 3.63) is 22.3 Å². The van der Waals surface area contributed by atoms with Gasteiger partial charge in [-0.15, -0.1) is 0 Å². The number of hydrogen-bond donors (Lipinski definition) is 0. The average Bonchev–Trinajstić information content (AvgIpc) is 2.16. The lowest BCUT2D eigenvalue weighted by atomic mass is 9.97. The van der Waals surface area contributed by atoms with Gasteiger partial charge in [-0.05, 0) is 38.0 Å². The number of allylic oxidation sites excluding steroid dienone is 2. The highest BCUT2D eigenvalue weighted by Gasteiger charge is 2.17. The van der Waals surface area contributed by atoms with Gasteiger partial charge in [-0.2, -0.15) is 0 Å². The highest BCUT2D eigenvalue weighted by atomic mass is 35.5. The molecule has 0 N–H and O–H groups in total. The van der Waals surface area contributed by atoms with E-state index in [0.717, 1.165) is 31.1 Å². The van der Waals surface area contributed by atoms with Gasteiger partial charge in [0.15, 0.2) is 0 Å². The zero-order chi connectivity index (χ0) is 9.84. The van der Waals surface area contributed by atoms with E-state index in [1.165, 1.54) is 11.1 Å². The molecule has 1 heterocycles. The van der Waals surface area contributed by atoms with Gasteiger partial charge in [0.05, 0.1) is 0 Å². The smallest absolute Gasteiger partial charge is 0.0233 e. The third-order valence-corrected chi connectivity index (χ3v) is 2.90. The first-order valence-corrected chi connectivity index (χ1v) is 5.30. The molecule has 0 aromatic rings. The Hall–Kier alpha value is -0.270. The molecule has 2 heteroatoms. The Labute approximate surface area is 86.1 Å². The summed E-state index contributed by atoms with van der Waals surface area (Å²) in [5.74, 6) is 0. The topological polar surface area (TPSA) is 3.24 Å². The number of likely N-dealkylation sites (N-methyl/N-ethyl adjacent to an activating group) is 1. The maximum atomic E-state index is 6.04. The molecular weight excluding hydrogens is 182 g/mol. The summed E-state index contributed by atoms with van der Waals surface area (Å²) in [7, 11) is 0. The number of halogens is 1. The average molecular weight is 200 g/mol. The van der Waals surface area contributed by atoms with Crippen LogP contribution in [0.4, 0.5) is 0 Å². The number of hydrogen-bond acceptors (Lipinski definition) is 1. The molecule has 1 rings (SSSR count). The van der Waals surface area contributed by atoms with E-state index in [-0.39, 0.29) is 0 Å². The fraction of sp³-hybridized carbons (Fsp3) is 0.636. The van der Waals surface area contributed by atoms with Gasteiger partial charge >= 0.3 is 0 Å². The molecule has 74 valence electrons. The summed E-state index contributed by atoms with van der Waals surface area (Å²) in [6.07, 6.45) is 3.28. The van der Waals surface area contributed by atoms with Crippen LogP contribution in [-0.2, 0) is 0 Å². The summed E-state index contributed by atoms with van der Waals surface area (Å²) in [5.41, 5.74) is 2.76. The fourth-order valence-corrected chi connectivity index (χ4v) is 1.99. The van der Waals surface area contributed by atoms with Crippen LogP contribution in [0.1, 0.15) is 27.2 Å². The first-order chi connectivity index (χ1) is 6.19. The molecule has 0 aliphatic carbocycles. The van der Waals surface area contributed by atoms with Crippen molar-refractivity contribution in [3.8, 4) is 0 Å². The lowest BCUT2D eigenvalue weighted by Crippen LogP contribution is -2.32. The second kappa shape index (κ2) is 4.83. The van der Waals surface area contributed by atoms with Crippen molar-refractivity contribution in [1.82, 2.24) is 4.90 Å². The lowest BCUT2D eigenvalue weighted by molar-refractivity contribution is 0.300. The first-order valence-electron chi connectivity index (χ1n) is 4.92. The molecule has 0 unspecified atom stereocenters. The number of piperidine rings is 1. The van der Waals surface area contributed by atoms with Crippen molar-refractivity contribution < 1.29 is 0 Å². The van der Waals surface area contributed by atoms with E-state index in [1.807, 2.05) is 6.92 Å². The molecule has 0 bridgehead atoms. The Morgan fingerprint density at radius 1 is 1.62 bits per heavy atom. The van der Waals surface area contributed by atoms with Crippen molar-refractivity contribution in [2.45, 2.75) is 27.2 Å². The molecule has 1 aliphatic rings. The molecule has 0 saturated carbocycles. The van der Waals surface area contributed by atoms with Gasteiger partial charge in [-0.25, -0.2) is 0 Å². The number of likely N-dealkylation sites (tertiary alicyclic amines) is 1. The van der Waals surface area contributed by atoms with Gasteiger partial charge in [0.1, 0.15) is 0 Å². The third kappa shape index (κ3) is 2.58. The Bertz CT molecular complexity index is 236. The van der Waals surface area contributed by atoms with Gasteiger partial charge in [-0.3, -0.25) is 4.90 Å². The molecule has 1 aliphatic heterocycles. The lowest BCUT2D eigenvalue weighted by Gasteiger charge is -2.29. The van der Waals surface area contributed by atoms with Crippen molar-refractivity contribution >= 4 is 11.6 Å². The van der Waals surface area contributed by atoms with E-state index in [9.17, 15) is 0 Å². The predicted molar refractivity (Wildman–Crippen MR) is 59.0 cm³/mol. The van der Waals surface area contributed by atoms with Gasteiger partial charge in [0.25, 0.3) is 0 Å². The number of nitrogens with zero attached hydrogens (tertiary/aromatic N) is 1. The summed E-state index contributed by atoms with van der Waals surface area (Å²) in [6, 6.07) is 0. The summed E-state index contributed by atoms with van der Waals surface area (Å²) >= 11 is 6.04. The van der Waals surface area contributed by atoms with Gasteiger partial charge in [-0.1, -0.05) is 24.6 Å². The van der Waals surface area contributed by atoms with E-state index in [4.69, 9.17) is 11.6 Å². The van der Waals surface area contributed by atoms with Gasteiger partial charge < -0.3 is 0 Å². The monoisotopic (exact) mass is 199 g/mol. The molecule has 0 atom stereocenters. The highest BCUT2D eigenvalue weighted by molar-refractivity contribution is 6.29. The van der Waals surface area contributed by atoms with Crippen LogP contribution < -0.4 is 0 Å². The SMILES string of the molecule is C/C=C1/CN(CC)CC/C1=C(/C)Cl. The minimum absolute atomic E-state index is 0.962. The minimum Gasteiger partial charge on any atom is -0.299 e. The molecule has 0 aromatic carbocycles. The summed E-state index contributed by atoms with van der Waals surface area (Å²) in [4.78, 5) is 2.44. The van der Waals surface area contributed by atoms with Crippen LogP contribution in [0, 0.1) is 0 Å². The molecule has 0 amide bonds. The predicted octanol–water partition coefficient (Wildman–Crippen LogP) is 3.17. The van der Waals surface area contributed by atoms with Crippen molar-refractivity contribution in [1.29, 1.82) is 0 Å². The van der Waals surface area contributed by atoms with Crippen LogP contribution in [0.15, 0.2) is 22.3 Å². The number of rotatable bonds is 1. The second-order valence-electron chi connectivity index (χ2n) is 3.44. The standard InChI is InChI=1S/C11H18ClN/c1-4-10-8-13(5-2)7-6-11(10)9(3)12/h4H,5-8H2,1-3H3/b10-4-,11-9+. The normalized spacial score (nSPS) is 26.6. The fourth-order valence-electron chi connectivity index (χ4n) is 1.77. The summed E-state index contributed by atoms with van der Waals surface area (Å²) in [6.45, 7) is 9.62. The first kappa shape index (κ1) is 10.8. The maximum Gasteiger partial charge on any atom is 0.0233 e. The van der Waals surface area contributed by atoms with Gasteiger partial charge in [0.2, 0.25) is 0 Å². The van der Waals surface area contributed by atoms with E-state index < -0.39 is 0 Å². The summed E-state index contributed by atoms with van der Waals surface area (Å²) in [5, 5.41) is 0.962. The van der Waals surface area contributed by atoms with Crippen LogP contribution >= 0.6 is 11.6 Å². The quantitative estimate of drug-likeness (QED) is 0.627. The maximum absolute atomic E-state index is 6.04. The van der Waals surface area contributed by atoms with E-state index in [0.29, 0.717) is 0 Å². The van der Waals surface area contributed by atoms with Crippen LogP contribution in [0.5, 0.6) is 0 Å². The zero-order valence-corrected chi connectivity index (χ0v) is 9.49. The summed E-state index contributed by atoms with van der Waals surface area (Å²) < 4.78 is 0. The van der Waals surface area contributed by atoms with E-state index >= 15 is 0 Å². The molecule has 13 heavy (non-hydrogen) atoms. The van der Waals surface area contributed by atoms with Crippen LogP contribution in [-0.4, -0.2) is 24.5 Å². The Kier molecular flexibility index (Phi) is 4.01. The van der Waals surface area contributed by atoms with Crippen molar-refractivity contribution in [2.24, 2.45) is 0 Å². The third-order valence-electron chi connectivity index (χ3n) is 2.67. The molecule has 1 saturated heterocycles. The molecule has 1 nitrogen and oxygen atoms in total. The van der Waals surface area contributed by atoms with Crippen LogP contribution in [0.2, 0.25) is 0 Å². The van der Waals surface area contributed by atoms with E-state index in [2.05, 4.69) is 24.8 Å². The van der Waals surface area contributed by atoms with Crippen LogP contribution in [0.25, 0.3) is 0 Å². The molecule has 0 aromatic heterocycles. The van der Waals surface area contributed by atoms with Crippen LogP contribution in [0.3, 0.4) is 0 Å². The molecule has 0 radical (unpaired) electrons. The molecular formula is C11H18ClN.